The van der Waals surface area contributed by atoms with Gasteiger partial charge in [0.2, 0.25) is 0 Å². The highest BCUT2D eigenvalue weighted by Gasteiger charge is 2.33. The van der Waals surface area contributed by atoms with Gasteiger partial charge in [-0.3, -0.25) is 0 Å². The van der Waals surface area contributed by atoms with E-state index >= 15 is 0 Å². The summed E-state index contributed by atoms with van der Waals surface area (Å²) in [5.74, 6) is 0.790. The van der Waals surface area contributed by atoms with Gasteiger partial charge in [0, 0.05) is 27.1 Å². The number of aliphatic hydroxyl groups is 1. The minimum atomic E-state index is -0.617. The summed E-state index contributed by atoms with van der Waals surface area (Å²) in [6.07, 6.45) is 3.91. The molecule has 216 valence electrons. The number of nitrogens with zero attached hydrogens (tertiary/aromatic N) is 2. The van der Waals surface area contributed by atoms with Crippen molar-refractivity contribution in [2.75, 3.05) is 19.8 Å². The van der Waals surface area contributed by atoms with Crippen LogP contribution in [0.3, 0.4) is 0 Å². The lowest BCUT2D eigenvalue weighted by atomic mass is 10.1. The maximum Gasteiger partial charge on any atom is 0.344 e. The number of aliphatic imine (C=N–C) groups is 1. The lowest BCUT2D eigenvalue weighted by molar-refractivity contribution is -0.138. The number of rotatable bonds is 10. The van der Waals surface area contributed by atoms with E-state index in [9.17, 15) is 9.90 Å². The maximum absolute atomic E-state index is 12.9. The van der Waals surface area contributed by atoms with Crippen LogP contribution in [0.15, 0.2) is 98.6 Å². The molecule has 5 rings (SSSR count). The second-order valence-electron chi connectivity index (χ2n) is 9.50. The zero-order chi connectivity index (χ0) is 29.6. The first-order chi connectivity index (χ1) is 20.4. The monoisotopic (exact) mass is 646 g/mol. The molecule has 1 aliphatic rings. The SMILES string of the molecule is CCOC(=O)C1=C(O)/C(=C/c2cn(CCOc3ccc(C)cc3)c3ccc(Br)cc23)SC1=Nc1ccc(OCC)cc1. The van der Waals surface area contributed by atoms with Gasteiger partial charge in [0.25, 0.3) is 0 Å². The number of hydrogen-bond donors (Lipinski definition) is 1. The molecule has 1 aliphatic heterocycles. The standard InChI is InChI=1S/C33H31BrN2O5S/c1-4-39-25-13-9-24(10-14-25)35-32-30(33(38)40-5-2)31(37)29(42-32)18-22-20-36(28-15-8-23(34)19-27(22)28)16-17-41-26-11-6-21(3)7-12-26/h6-15,18-20,37H,4-5,16-17H2,1-3H3/b29-18-,35-32?. The number of hydrogen-bond acceptors (Lipinski definition) is 7. The average molecular weight is 648 g/mol. The molecular formula is C33H31BrN2O5S. The first-order valence-electron chi connectivity index (χ1n) is 13.7. The Morgan fingerprint density at radius 3 is 2.43 bits per heavy atom. The molecule has 0 radical (unpaired) electrons. The third-order valence-electron chi connectivity index (χ3n) is 6.53. The highest BCUT2D eigenvalue weighted by Crippen LogP contribution is 2.41. The largest absolute Gasteiger partial charge is 0.506 e. The molecule has 7 nitrogen and oxygen atoms in total. The van der Waals surface area contributed by atoms with Gasteiger partial charge in [-0.05, 0) is 81.4 Å². The predicted molar refractivity (Wildman–Crippen MR) is 173 cm³/mol. The van der Waals surface area contributed by atoms with Crippen LogP contribution in [0.2, 0.25) is 0 Å². The Hall–Kier alpha value is -3.95. The van der Waals surface area contributed by atoms with E-state index in [-0.39, 0.29) is 17.9 Å². The maximum atomic E-state index is 12.9. The molecule has 1 N–H and O–H groups in total. The fourth-order valence-electron chi connectivity index (χ4n) is 4.53. The summed E-state index contributed by atoms with van der Waals surface area (Å²) in [6, 6.07) is 21.3. The van der Waals surface area contributed by atoms with Crippen LogP contribution in [0.4, 0.5) is 5.69 Å². The first-order valence-corrected chi connectivity index (χ1v) is 15.3. The van der Waals surface area contributed by atoms with Gasteiger partial charge in [-0.15, -0.1) is 0 Å². The number of fused-ring (bicyclic) bond motifs is 1. The molecule has 0 saturated heterocycles. The quantitative estimate of drug-likeness (QED) is 0.174. The van der Waals surface area contributed by atoms with Crippen LogP contribution < -0.4 is 9.47 Å². The first kappa shape index (κ1) is 29.5. The van der Waals surface area contributed by atoms with E-state index in [1.54, 1.807) is 6.92 Å². The van der Waals surface area contributed by atoms with Crippen molar-refractivity contribution in [3.8, 4) is 11.5 Å². The number of aryl methyl sites for hydroxylation is 1. The molecule has 0 fully saturated rings. The van der Waals surface area contributed by atoms with Crippen molar-refractivity contribution in [3.05, 3.63) is 105 Å². The van der Waals surface area contributed by atoms with Crippen molar-refractivity contribution in [1.82, 2.24) is 4.57 Å². The highest BCUT2D eigenvalue weighted by molar-refractivity contribution is 9.10. The van der Waals surface area contributed by atoms with Gasteiger partial charge in [-0.2, -0.15) is 0 Å². The molecule has 0 atom stereocenters. The number of carbonyl (C=O) groups is 1. The zero-order valence-electron chi connectivity index (χ0n) is 23.6. The predicted octanol–water partition coefficient (Wildman–Crippen LogP) is 8.38. The average Bonchev–Trinajstić information content (AvgIpc) is 3.47. The summed E-state index contributed by atoms with van der Waals surface area (Å²) in [5.41, 5.74) is 3.78. The topological polar surface area (TPSA) is 82.3 Å². The molecule has 2 heterocycles. The van der Waals surface area contributed by atoms with Gasteiger partial charge in [-0.25, -0.2) is 9.79 Å². The van der Waals surface area contributed by atoms with E-state index in [1.165, 1.54) is 17.3 Å². The summed E-state index contributed by atoms with van der Waals surface area (Å²) >= 11 is 4.82. The Bertz CT molecular complexity index is 1690. The van der Waals surface area contributed by atoms with Crippen LogP contribution in [0.5, 0.6) is 11.5 Å². The van der Waals surface area contributed by atoms with Crippen LogP contribution in [-0.2, 0) is 16.1 Å². The minimum Gasteiger partial charge on any atom is -0.506 e. The normalized spacial score (nSPS) is 15.1. The Kier molecular flexibility index (Phi) is 9.39. The van der Waals surface area contributed by atoms with Crippen molar-refractivity contribution in [2.45, 2.75) is 27.3 Å². The molecule has 0 aliphatic carbocycles. The second kappa shape index (κ2) is 13.4. The number of esters is 1. The Balaban J connectivity index is 1.47. The number of ether oxygens (including phenoxy) is 3. The van der Waals surface area contributed by atoms with Crippen LogP contribution in [0, 0.1) is 6.92 Å². The highest BCUT2D eigenvalue weighted by atomic mass is 79.9. The molecule has 0 saturated carbocycles. The smallest absolute Gasteiger partial charge is 0.344 e. The molecule has 0 spiro atoms. The number of aromatic nitrogens is 1. The zero-order valence-corrected chi connectivity index (χ0v) is 26.0. The van der Waals surface area contributed by atoms with Gasteiger partial charge >= 0.3 is 5.97 Å². The van der Waals surface area contributed by atoms with Crippen LogP contribution >= 0.6 is 27.7 Å². The number of benzene rings is 3. The van der Waals surface area contributed by atoms with Crippen molar-refractivity contribution < 1.29 is 24.1 Å². The van der Waals surface area contributed by atoms with Crippen LogP contribution in [0.25, 0.3) is 17.0 Å². The van der Waals surface area contributed by atoms with Gasteiger partial charge in [0.1, 0.15) is 34.5 Å². The van der Waals surface area contributed by atoms with Gasteiger partial charge in [-0.1, -0.05) is 45.4 Å². The second-order valence-corrected chi connectivity index (χ2v) is 11.4. The van der Waals surface area contributed by atoms with Crippen molar-refractivity contribution in [2.24, 2.45) is 4.99 Å². The van der Waals surface area contributed by atoms with E-state index in [4.69, 9.17) is 14.2 Å². The molecule has 0 amide bonds. The summed E-state index contributed by atoms with van der Waals surface area (Å²) in [6.45, 7) is 7.56. The van der Waals surface area contributed by atoms with Crippen molar-refractivity contribution in [3.63, 3.8) is 0 Å². The lowest BCUT2D eigenvalue weighted by Gasteiger charge is -2.08. The molecular weight excluding hydrogens is 616 g/mol. The third-order valence-corrected chi connectivity index (χ3v) is 8.04. The summed E-state index contributed by atoms with van der Waals surface area (Å²) in [7, 11) is 0. The molecule has 0 bridgehead atoms. The van der Waals surface area contributed by atoms with Gasteiger partial charge in [0.15, 0.2) is 0 Å². The summed E-state index contributed by atoms with van der Waals surface area (Å²) in [4.78, 5) is 18.1. The van der Waals surface area contributed by atoms with E-state index in [2.05, 4.69) is 25.5 Å². The molecule has 42 heavy (non-hydrogen) atoms. The fraction of sp³-hybridized carbons (Fsp3) is 0.212. The molecule has 9 heteroatoms. The van der Waals surface area contributed by atoms with E-state index in [1.807, 2.05) is 92.9 Å². The fourth-order valence-corrected chi connectivity index (χ4v) is 5.91. The van der Waals surface area contributed by atoms with Crippen LogP contribution in [0.1, 0.15) is 25.0 Å². The Morgan fingerprint density at radius 2 is 1.71 bits per heavy atom. The number of aliphatic hydroxyl groups excluding tert-OH is 1. The molecule has 4 aromatic rings. The minimum absolute atomic E-state index is 0.0541. The number of carbonyl (C=O) groups excluding carboxylic acids is 1. The molecule has 3 aromatic carbocycles. The summed E-state index contributed by atoms with van der Waals surface area (Å²) < 4.78 is 19.8. The van der Waals surface area contributed by atoms with E-state index in [0.717, 1.165) is 32.4 Å². The van der Waals surface area contributed by atoms with E-state index in [0.29, 0.717) is 35.4 Å². The van der Waals surface area contributed by atoms with Gasteiger partial charge < -0.3 is 23.9 Å². The summed E-state index contributed by atoms with van der Waals surface area (Å²) in [5, 5.41) is 12.6. The number of thioether (sulfide) groups is 1. The Morgan fingerprint density at radius 1 is 1.00 bits per heavy atom. The van der Waals surface area contributed by atoms with Crippen LogP contribution in [-0.4, -0.2) is 40.5 Å². The third kappa shape index (κ3) is 6.74. The Labute approximate surface area is 257 Å². The van der Waals surface area contributed by atoms with E-state index < -0.39 is 5.97 Å². The lowest BCUT2D eigenvalue weighted by Crippen LogP contribution is -2.12. The molecule has 1 aromatic heterocycles. The van der Waals surface area contributed by atoms with Crippen molar-refractivity contribution >= 4 is 61.4 Å². The molecule has 0 unspecified atom stereocenters. The number of halogens is 1. The van der Waals surface area contributed by atoms with Crippen molar-refractivity contribution in [1.29, 1.82) is 0 Å². The van der Waals surface area contributed by atoms with Gasteiger partial charge in [0.05, 0.1) is 30.4 Å².